The highest BCUT2D eigenvalue weighted by molar-refractivity contribution is 5.79. The van der Waals surface area contributed by atoms with Crippen molar-refractivity contribution in [2.24, 2.45) is 5.11 Å². The average Bonchev–Trinajstić information content (AvgIpc) is 3.68. The minimum absolute atomic E-state index is 0.196. The molecule has 0 amide bonds. The molecule has 0 aromatic carbocycles. The van der Waals surface area contributed by atoms with E-state index in [0.29, 0.717) is 0 Å². The van der Waals surface area contributed by atoms with Gasteiger partial charge < -0.3 is 24.2 Å². The van der Waals surface area contributed by atoms with Gasteiger partial charge >= 0.3 is 17.0 Å². The van der Waals surface area contributed by atoms with E-state index in [0.717, 1.165) is 0 Å². The Morgan fingerprint density at radius 3 is 1.91 bits per heavy atom. The number of nitrogens with zero attached hydrogens (tertiary/aromatic N) is 10. The topological polar surface area (TPSA) is 323 Å². The minimum Gasteiger partial charge on any atom is -0.594 e. The lowest BCUT2D eigenvalue weighted by molar-refractivity contribution is -0.825. The van der Waals surface area contributed by atoms with Crippen LogP contribution >= 0.6 is 0 Å². The summed E-state index contributed by atoms with van der Waals surface area (Å²) in [6.45, 7) is 3.07. The molecule has 0 radical (unpaired) electrons. The fourth-order valence-electron chi connectivity index (χ4n) is 3.75. The molecule has 3 aromatic heterocycles. The van der Waals surface area contributed by atoms with Gasteiger partial charge in [0.2, 0.25) is 16.3 Å². The van der Waals surface area contributed by atoms with Crippen LogP contribution in [-0.2, 0) is 18.9 Å². The van der Waals surface area contributed by atoms with E-state index in [-0.39, 0.29) is 14.3 Å². The molecule has 0 saturated carbocycles. The molecule has 44 heavy (non-hydrogen) atoms. The van der Waals surface area contributed by atoms with E-state index >= 15 is 0 Å². The number of hydrogen-bond donors (Lipinski definition) is 2. The van der Waals surface area contributed by atoms with Gasteiger partial charge in [0.1, 0.15) is 9.85 Å². The van der Waals surface area contributed by atoms with E-state index in [1.165, 1.54) is 27.7 Å². The van der Waals surface area contributed by atoms with E-state index in [4.69, 9.17) is 23.6 Å². The molecule has 0 bridgehead atoms. The van der Waals surface area contributed by atoms with Gasteiger partial charge in [-0.05, 0) is 58.1 Å². The smallest absolute Gasteiger partial charge is 0.522 e. The van der Waals surface area contributed by atoms with Crippen molar-refractivity contribution in [2.45, 2.75) is 50.6 Å². The summed E-state index contributed by atoms with van der Waals surface area (Å²) in [6, 6.07) is 0. The van der Waals surface area contributed by atoms with Gasteiger partial charge in [-0.15, -0.1) is 0 Å². The summed E-state index contributed by atoms with van der Waals surface area (Å²) in [5.74, 6) is -3.74. The summed E-state index contributed by atoms with van der Waals surface area (Å²) in [4.78, 5) is 46.9. The van der Waals surface area contributed by atoms with Crippen molar-refractivity contribution in [1.29, 1.82) is 0 Å². The van der Waals surface area contributed by atoms with Crippen LogP contribution in [0.2, 0.25) is 0 Å². The lowest BCUT2D eigenvalue weighted by atomic mass is 10.1. The van der Waals surface area contributed by atoms with E-state index in [1.807, 2.05) is 0 Å². The summed E-state index contributed by atoms with van der Waals surface area (Å²) in [6.07, 6.45) is 0. The van der Waals surface area contributed by atoms with Crippen molar-refractivity contribution in [3.8, 4) is 22.8 Å². The third-order valence-corrected chi connectivity index (χ3v) is 6.48. The highest BCUT2D eigenvalue weighted by Crippen LogP contribution is 2.35. The maximum atomic E-state index is 13.0. The summed E-state index contributed by atoms with van der Waals surface area (Å²) < 4.78 is 34.9. The molecule has 0 unspecified atom stereocenters. The molecular formula is C18H22N12O14+2. The van der Waals surface area contributed by atoms with Crippen LogP contribution in [0.4, 0.5) is 11.6 Å². The monoisotopic (exact) mass is 630 g/mol. The molecule has 5 heterocycles. The molecular weight excluding hydrogens is 608 g/mol. The molecule has 236 valence electrons. The standard InChI is InChI=1S/C18H22N12O14/c1-15(2)38-5-17(6-39-15,29(34)35)27(32)19-13-10(21-42-24-13)9-12(26(31)44-23-9)11-14(25-43-22-11)20-28(33)18(30(36)37)7-40-16(3,4)41-8-18/h23H,5-8H2,1-4H3,(H,19,24,32)/q+2. The minimum atomic E-state index is -2.55. The first-order chi connectivity index (χ1) is 20.6. The third-order valence-electron chi connectivity index (χ3n) is 6.48. The van der Waals surface area contributed by atoms with E-state index in [1.54, 1.807) is 0 Å². The number of azo groups is 1. The van der Waals surface area contributed by atoms with E-state index < -0.39 is 93.6 Å². The Labute approximate surface area is 240 Å². The number of rotatable bonds is 9. The molecule has 0 aliphatic carbocycles. The Bertz CT molecular complexity index is 1680. The van der Waals surface area contributed by atoms with Gasteiger partial charge in [0.05, 0.1) is 4.91 Å². The van der Waals surface area contributed by atoms with Gasteiger partial charge in [-0.1, -0.05) is 15.2 Å². The van der Waals surface area contributed by atoms with Gasteiger partial charge in [-0.2, -0.15) is 0 Å². The number of nitro groups is 2. The Balaban J connectivity index is 1.48. The SMILES string of the molecule is CC1(C)OCC([N+](=O)[O-])([N+](=O)Nc2nonc2-c2[nH]o[n+](=O)c2-c2nonc2N=[N+]([O-])C2([N+](=O)[O-])COC(C)(C)OC2)CO1. The second kappa shape index (κ2) is 10.4. The summed E-state index contributed by atoms with van der Waals surface area (Å²) >= 11 is 0. The molecule has 2 aliphatic heterocycles. The molecule has 3 aromatic rings. The number of nitrogens with one attached hydrogen (secondary N) is 2. The number of aromatic amines is 1. The number of anilines is 1. The first kappa shape index (κ1) is 30.1. The fraction of sp³-hybridized carbons (Fsp3) is 0.667. The largest absolute Gasteiger partial charge is 0.594 e. The number of hydrazine groups is 1. The zero-order chi connectivity index (χ0) is 32.1. The second-order valence-corrected chi connectivity index (χ2v) is 10.3. The molecule has 5 rings (SSSR count). The van der Waals surface area contributed by atoms with Crippen LogP contribution in [0.5, 0.6) is 0 Å². The summed E-state index contributed by atoms with van der Waals surface area (Å²) in [5.41, 5.74) is -5.10. The molecule has 26 nitrogen and oxygen atoms in total. The number of hydrogen-bond acceptors (Lipinski definition) is 19. The number of aromatic nitrogens is 6. The quantitative estimate of drug-likeness (QED) is 0.102. The Morgan fingerprint density at radius 2 is 1.34 bits per heavy atom. The predicted octanol–water partition coefficient (Wildman–Crippen LogP) is -0.166. The van der Waals surface area contributed by atoms with Crippen LogP contribution in [0, 0.1) is 35.3 Å². The molecule has 0 spiro atoms. The predicted molar refractivity (Wildman–Crippen MR) is 127 cm³/mol. The molecule has 2 fully saturated rings. The van der Waals surface area contributed by atoms with Gasteiger partial charge in [-0.3, -0.25) is 20.2 Å². The van der Waals surface area contributed by atoms with Crippen LogP contribution in [-0.4, -0.2) is 94.7 Å². The van der Waals surface area contributed by atoms with Crippen molar-refractivity contribution < 1.29 is 57.0 Å². The lowest BCUT2D eigenvalue weighted by Crippen LogP contribution is -2.62. The van der Waals surface area contributed by atoms with Gasteiger partial charge in [0.15, 0.2) is 42.6 Å². The van der Waals surface area contributed by atoms with Gasteiger partial charge in [0.25, 0.3) is 17.3 Å². The van der Waals surface area contributed by atoms with Crippen LogP contribution < -0.4 is 10.0 Å². The second-order valence-electron chi connectivity index (χ2n) is 10.3. The van der Waals surface area contributed by atoms with Crippen molar-refractivity contribution in [3.05, 3.63) is 35.3 Å². The Kier molecular flexibility index (Phi) is 7.14. The van der Waals surface area contributed by atoms with Crippen molar-refractivity contribution >= 4 is 11.6 Å². The van der Waals surface area contributed by atoms with E-state index in [9.17, 15) is 35.3 Å². The number of ether oxygens (including phenoxy) is 4. The number of nitroso groups, excluding NO2 is 1. The highest BCUT2D eigenvalue weighted by atomic mass is 16.7. The normalized spacial score (nSPS) is 20.6. The summed E-state index contributed by atoms with van der Waals surface area (Å²) in [7, 11) is 0. The van der Waals surface area contributed by atoms with Crippen LogP contribution in [0.1, 0.15) is 27.7 Å². The number of hydroxylamine groups is 1. The molecule has 2 N–H and O–H groups in total. The average molecular weight is 630 g/mol. The first-order valence-electron chi connectivity index (χ1n) is 12.2. The molecule has 26 heteroatoms. The van der Waals surface area contributed by atoms with Crippen molar-refractivity contribution in [1.82, 2.24) is 25.8 Å². The van der Waals surface area contributed by atoms with Gasteiger partial charge in [0, 0.05) is 5.11 Å². The molecule has 0 atom stereocenters. The van der Waals surface area contributed by atoms with Crippen molar-refractivity contribution in [2.75, 3.05) is 31.9 Å². The molecule has 2 saturated heterocycles. The Hall–Kier alpha value is -5.34. The lowest BCUT2D eigenvalue weighted by Gasteiger charge is -2.34. The molecule has 2 aliphatic rings. The van der Waals surface area contributed by atoms with Gasteiger partial charge in [-0.25, -0.2) is 9.26 Å². The van der Waals surface area contributed by atoms with Crippen molar-refractivity contribution in [3.63, 3.8) is 0 Å². The van der Waals surface area contributed by atoms with E-state index in [2.05, 4.69) is 45.6 Å². The highest BCUT2D eigenvalue weighted by Gasteiger charge is 2.65. The Morgan fingerprint density at radius 1 is 0.818 bits per heavy atom. The van der Waals surface area contributed by atoms with Crippen LogP contribution in [0.3, 0.4) is 0 Å². The first-order valence-corrected chi connectivity index (χ1v) is 12.2. The number of H-pyrrole nitrogens is 1. The maximum Gasteiger partial charge on any atom is 0.522 e. The van der Waals surface area contributed by atoms with Crippen LogP contribution in [0.25, 0.3) is 22.8 Å². The van der Waals surface area contributed by atoms with Crippen LogP contribution in [0.15, 0.2) is 19.0 Å². The third kappa shape index (κ3) is 5.09. The summed E-state index contributed by atoms with van der Waals surface area (Å²) in [5, 5.41) is 56.4. The maximum absolute atomic E-state index is 13.0. The zero-order valence-electron chi connectivity index (χ0n) is 23.0. The zero-order valence-corrected chi connectivity index (χ0v) is 23.0. The fourth-order valence-corrected chi connectivity index (χ4v) is 3.75.